The van der Waals surface area contributed by atoms with E-state index in [0.29, 0.717) is 25.1 Å². The number of likely N-dealkylation sites (tertiary alicyclic amines) is 1. The zero-order chi connectivity index (χ0) is 14.8. The van der Waals surface area contributed by atoms with Crippen molar-refractivity contribution in [3.63, 3.8) is 0 Å². The molecular formula is C15H20N2O3. The van der Waals surface area contributed by atoms with E-state index in [-0.39, 0.29) is 12.5 Å². The highest BCUT2D eigenvalue weighted by molar-refractivity contribution is 5.93. The molecule has 0 bridgehead atoms. The van der Waals surface area contributed by atoms with Gasteiger partial charge in [-0.2, -0.15) is 0 Å². The third-order valence-electron chi connectivity index (χ3n) is 3.93. The zero-order valence-corrected chi connectivity index (χ0v) is 11.9. The average Bonchev–Trinajstić information content (AvgIpc) is 2.84. The molecule has 5 heteroatoms. The fourth-order valence-corrected chi connectivity index (χ4v) is 2.83. The van der Waals surface area contributed by atoms with Crippen LogP contribution in [0.4, 0.5) is 0 Å². The first-order chi connectivity index (χ1) is 9.48. The first-order valence-corrected chi connectivity index (χ1v) is 6.95. The molecule has 0 radical (unpaired) electrons. The molecule has 0 aliphatic carbocycles. The van der Waals surface area contributed by atoms with Crippen LogP contribution in [0, 0.1) is 12.3 Å². The van der Waals surface area contributed by atoms with Gasteiger partial charge in [0.15, 0.2) is 0 Å². The van der Waals surface area contributed by atoms with Crippen LogP contribution in [0.25, 0.3) is 0 Å². The Hall–Kier alpha value is -1.91. The van der Waals surface area contributed by atoms with Crippen molar-refractivity contribution in [2.24, 2.45) is 5.41 Å². The second-order valence-electron chi connectivity index (χ2n) is 5.48. The normalized spacial score (nSPS) is 22.0. The summed E-state index contributed by atoms with van der Waals surface area (Å²) in [6, 6.07) is 5.30. The monoisotopic (exact) mass is 276 g/mol. The average molecular weight is 276 g/mol. The summed E-state index contributed by atoms with van der Waals surface area (Å²) in [6.07, 6.45) is 1.93. The maximum absolute atomic E-state index is 12.4. The number of rotatable bonds is 4. The standard InChI is InChI=1S/C15H20N2O3/c1-3-7-15(14(19)20)8-9-17(10-15)13(18)12-6-4-5-11(2)16-12/h4-6H,3,7-10H2,1-2H3,(H,19,20). The number of pyridine rings is 1. The quantitative estimate of drug-likeness (QED) is 0.914. The SMILES string of the molecule is CCCC1(C(=O)O)CCN(C(=O)c2cccc(C)n2)C1. The Morgan fingerprint density at radius 1 is 1.45 bits per heavy atom. The summed E-state index contributed by atoms with van der Waals surface area (Å²) in [4.78, 5) is 29.7. The minimum absolute atomic E-state index is 0.173. The van der Waals surface area contributed by atoms with E-state index in [4.69, 9.17) is 0 Å². The highest BCUT2D eigenvalue weighted by Crippen LogP contribution is 2.36. The topological polar surface area (TPSA) is 70.5 Å². The van der Waals surface area contributed by atoms with Crippen molar-refractivity contribution in [3.05, 3.63) is 29.6 Å². The molecule has 1 atom stereocenters. The molecular weight excluding hydrogens is 256 g/mol. The van der Waals surface area contributed by atoms with E-state index in [2.05, 4.69) is 4.98 Å². The van der Waals surface area contributed by atoms with Gasteiger partial charge in [0.1, 0.15) is 5.69 Å². The first-order valence-electron chi connectivity index (χ1n) is 6.95. The van der Waals surface area contributed by atoms with E-state index in [1.807, 2.05) is 19.9 Å². The largest absolute Gasteiger partial charge is 0.481 e. The van der Waals surface area contributed by atoms with Crippen LogP contribution in [0.2, 0.25) is 0 Å². The smallest absolute Gasteiger partial charge is 0.311 e. The van der Waals surface area contributed by atoms with Crippen LogP contribution < -0.4 is 0 Å². The third kappa shape index (κ3) is 2.66. The van der Waals surface area contributed by atoms with E-state index in [1.165, 1.54) is 0 Å². The van der Waals surface area contributed by atoms with Crippen LogP contribution in [-0.4, -0.2) is 40.0 Å². The van der Waals surface area contributed by atoms with Crippen molar-refractivity contribution in [2.75, 3.05) is 13.1 Å². The fourth-order valence-electron chi connectivity index (χ4n) is 2.83. The second kappa shape index (κ2) is 5.61. The van der Waals surface area contributed by atoms with E-state index < -0.39 is 11.4 Å². The Kier molecular flexibility index (Phi) is 4.06. The second-order valence-corrected chi connectivity index (χ2v) is 5.48. The highest BCUT2D eigenvalue weighted by Gasteiger charge is 2.45. The molecule has 1 saturated heterocycles. The Morgan fingerprint density at radius 3 is 2.80 bits per heavy atom. The van der Waals surface area contributed by atoms with Crippen molar-refractivity contribution in [1.29, 1.82) is 0 Å². The molecule has 1 aromatic heterocycles. The van der Waals surface area contributed by atoms with Gasteiger partial charge in [-0.3, -0.25) is 9.59 Å². The number of aliphatic carboxylic acids is 1. The van der Waals surface area contributed by atoms with Crippen LogP contribution in [0.1, 0.15) is 42.4 Å². The van der Waals surface area contributed by atoms with Crippen molar-refractivity contribution >= 4 is 11.9 Å². The van der Waals surface area contributed by atoms with Gasteiger partial charge in [-0.15, -0.1) is 0 Å². The summed E-state index contributed by atoms with van der Waals surface area (Å²) in [5, 5.41) is 9.46. The van der Waals surface area contributed by atoms with Crippen molar-refractivity contribution in [3.8, 4) is 0 Å². The fraction of sp³-hybridized carbons (Fsp3) is 0.533. The number of aromatic nitrogens is 1. The van der Waals surface area contributed by atoms with Gasteiger partial charge in [-0.1, -0.05) is 19.4 Å². The number of nitrogens with zero attached hydrogens (tertiary/aromatic N) is 2. The number of carbonyl (C=O) groups excluding carboxylic acids is 1. The van der Waals surface area contributed by atoms with Gasteiger partial charge in [-0.05, 0) is 31.9 Å². The van der Waals surface area contributed by atoms with E-state index in [0.717, 1.165) is 12.1 Å². The van der Waals surface area contributed by atoms with Gasteiger partial charge >= 0.3 is 5.97 Å². The third-order valence-corrected chi connectivity index (χ3v) is 3.93. The van der Waals surface area contributed by atoms with Crippen LogP contribution in [-0.2, 0) is 4.79 Å². The zero-order valence-electron chi connectivity index (χ0n) is 11.9. The summed E-state index contributed by atoms with van der Waals surface area (Å²) in [5.74, 6) is -0.972. The Morgan fingerprint density at radius 2 is 2.20 bits per heavy atom. The lowest BCUT2D eigenvalue weighted by molar-refractivity contribution is -0.148. The molecule has 1 amide bonds. The summed E-state index contributed by atoms with van der Waals surface area (Å²) in [7, 11) is 0. The predicted octanol–water partition coefficient (Wildman–Crippen LogP) is 2.11. The number of amides is 1. The van der Waals surface area contributed by atoms with Crippen LogP contribution >= 0.6 is 0 Å². The van der Waals surface area contributed by atoms with Crippen LogP contribution in [0.15, 0.2) is 18.2 Å². The lowest BCUT2D eigenvalue weighted by atomic mass is 9.83. The maximum atomic E-state index is 12.4. The van der Waals surface area contributed by atoms with E-state index in [1.54, 1.807) is 17.0 Å². The molecule has 0 aromatic carbocycles. The van der Waals surface area contributed by atoms with E-state index in [9.17, 15) is 14.7 Å². The Bertz CT molecular complexity index is 530. The molecule has 0 spiro atoms. The first kappa shape index (κ1) is 14.5. The molecule has 1 aliphatic rings. The number of hydrogen-bond acceptors (Lipinski definition) is 3. The molecule has 1 aliphatic heterocycles. The van der Waals surface area contributed by atoms with Gasteiger partial charge < -0.3 is 10.0 Å². The van der Waals surface area contributed by atoms with E-state index >= 15 is 0 Å². The minimum Gasteiger partial charge on any atom is -0.481 e. The van der Waals surface area contributed by atoms with Crippen LogP contribution in [0.3, 0.4) is 0 Å². The molecule has 1 unspecified atom stereocenters. The molecule has 2 rings (SSSR count). The molecule has 20 heavy (non-hydrogen) atoms. The minimum atomic E-state index is -0.799. The summed E-state index contributed by atoms with van der Waals surface area (Å²) < 4.78 is 0. The molecule has 5 nitrogen and oxygen atoms in total. The molecule has 108 valence electrons. The predicted molar refractivity (Wildman–Crippen MR) is 74.5 cm³/mol. The number of carboxylic acid groups (broad SMARTS) is 1. The maximum Gasteiger partial charge on any atom is 0.311 e. The number of carboxylic acids is 1. The number of aryl methyl sites for hydroxylation is 1. The summed E-state index contributed by atoms with van der Waals surface area (Å²) >= 11 is 0. The van der Waals surface area contributed by atoms with Crippen molar-refractivity contribution < 1.29 is 14.7 Å². The van der Waals surface area contributed by atoms with Gasteiger partial charge in [0.05, 0.1) is 5.41 Å². The molecule has 1 N–H and O–H groups in total. The van der Waals surface area contributed by atoms with Crippen molar-refractivity contribution in [1.82, 2.24) is 9.88 Å². The molecule has 2 heterocycles. The van der Waals surface area contributed by atoms with Gasteiger partial charge in [0, 0.05) is 18.8 Å². The Balaban J connectivity index is 2.16. The molecule has 1 aromatic rings. The summed E-state index contributed by atoms with van der Waals surface area (Å²) in [5.41, 5.74) is 0.393. The highest BCUT2D eigenvalue weighted by atomic mass is 16.4. The Labute approximate surface area is 118 Å². The summed E-state index contributed by atoms with van der Waals surface area (Å²) in [6.45, 7) is 4.57. The lowest BCUT2D eigenvalue weighted by Crippen LogP contribution is -2.37. The molecule has 1 fully saturated rings. The van der Waals surface area contributed by atoms with Crippen LogP contribution in [0.5, 0.6) is 0 Å². The lowest BCUT2D eigenvalue weighted by Gasteiger charge is -2.24. The molecule has 0 saturated carbocycles. The van der Waals surface area contributed by atoms with Crippen molar-refractivity contribution in [2.45, 2.75) is 33.1 Å². The van der Waals surface area contributed by atoms with Gasteiger partial charge in [-0.25, -0.2) is 4.98 Å². The van der Waals surface area contributed by atoms with Gasteiger partial charge in [0.25, 0.3) is 5.91 Å². The van der Waals surface area contributed by atoms with Gasteiger partial charge in [0.2, 0.25) is 0 Å². The number of carbonyl (C=O) groups is 2. The number of hydrogen-bond donors (Lipinski definition) is 1.